The van der Waals surface area contributed by atoms with E-state index in [-0.39, 0.29) is 0 Å². The molecular weight excluding hydrogens is 307 g/mol. The molecule has 0 nitrogen and oxygen atoms in total. The molecule has 3 aliphatic carbocycles. The molecule has 0 amide bonds. The minimum absolute atomic E-state index is 0.948. The number of thiophene rings is 1. The first-order chi connectivity index (χ1) is 7.07. The predicted molar refractivity (Wildman–Crippen MR) is 71.2 cm³/mol. The van der Waals surface area contributed by atoms with Gasteiger partial charge in [0.2, 0.25) is 0 Å². The molecule has 2 heteroatoms. The van der Waals surface area contributed by atoms with Crippen molar-refractivity contribution in [2.24, 2.45) is 0 Å². The average molecular weight is 327 g/mol. The van der Waals surface area contributed by atoms with E-state index in [2.05, 4.69) is 31.5 Å². The molecule has 3 aliphatic rings. The Morgan fingerprint density at radius 1 is 1.07 bits per heavy atom. The van der Waals surface area contributed by atoms with Crippen molar-refractivity contribution in [3.63, 3.8) is 0 Å². The first-order valence-electron chi connectivity index (χ1n) is 6.19. The van der Waals surface area contributed by atoms with Gasteiger partial charge in [-0.05, 0) is 0 Å². The Labute approximate surface area is 101 Å². The van der Waals surface area contributed by atoms with Crippen LogP contribution in [0.5, 0.6) is 0 Å². The van der Waals surface area contributed by atoms with Gasteiger partial charge in [-0.1, -0.05) is 0 Å². The van der Waals surface area contributed by atoms with Gasteiger partial charge in [-0.15, -0.1) is 0 Å². The Bertz CT molecular complexity index is 378. The fraction of sp³-hybridized carbons (Fsp3) is 0.692. The standard InChI is InChI=1S/C10H11S.3CH3.Sn/c1-2-8-4-3-7(1)9-5-11-6-10(8)9;;;;/h5,7-8H,1-4H2;3*1H3;. The second-order valence-corrected chi connectivity index (χ2v) is 22.4. The molecule has 1 aromatic heterocycles. The van der Waals surface area contributed by atoms with Gasteiger partial charge in [0, 0.05) is 0 Å². The predicted octanol–water partition coefficient (Wildman–Crippen LogP) is 4.05. The molecule has 0 aliphatic heterocycles. The van der Waals surface area contributed by atoms with Crippen LogP contribution in [-0.2, 0) is 0 Å². The molecule has 1 aromatic rings. The quantitative estimate of drug-likeness (QED) is 0.683. The van der Waals surface area contributed by atoms with Crippen LogP contribution in [0.2, 0.25) is 14.8 Å². The van der Waals surface area contributed by atoms with Crippen LogP contribution in [0.25, 0.3) is 0 Å². The monoisotopic (exact) mass is 328 g/mol. The first kappa shape index (κ1) is 10.6. The van der Waals surface area contributed by atoms with Gasteiger partial charge in [0.15, 0.2) is 0 Å². The molecule has 4 rings (SSSR count). The van der Waals surface area contributed by atoms with Gasteiger partial charge in [0.05, 0.1) is 0 Å². The van der Waals surface area contributed by atoms with E-state index in [1.54, 1.807) is 5.56 Å². The van der Waals surface area contributed by atoms with Crippen molar-refractivity contribution in [1.82, 2.24) is 0 Å². The number of hydrogen-bond acceptors (Lipinski definition) is 1. The summed E-state index contributed by atoms with van der Waals surface area (Å²) in [5.41, 5.74) is 3.65. The fourth-order valence-electron chi connectivity index (χ4n) is 3.39. The van der Waals surface area contributed by atoms with E-state index in [1.807, 2.05) is 8.46 Å². The summed E-state index contributed by atoms with van der Waals surface area (Å²) < 4.78 is 1.88. The summed E-state index contributed by atoms with van der Waals surface area (Å²) in [4.78, 5) is 7.72. The zero-order valence-corrected chi connectivity index (χ0v) is 13.6. The van der Waals surface area contributed by atoms with Gasteiger partial charge < -0.3 is 0 Å². The van der Waals surface area contributed by atoms with Gasteiger partial charge in [0.25, 0.3) is 0 Å². The Hall–Kier alpha value is 0.499. The Balaban J connectivity index is 2.15. The summed E-state index contributed by atoms with van der Waals surface area (Å²) in [5, 5.41) is 2.52. The second kappa shape index (κ2) is 3.49. The molecule has 0 aromatic carbocycles. The van der Waals surface area contributed by atoms with E-state index in [1.165, 1.54) is 25.7 Å². The summed E-state index contributed by atoms with van der Waals surface area (Å²) in [6.45, 7) is 0. The molecule has 0 atom stereocenters. The number of hydrogen-bond donors (Lipinski definition) is 0. The molecule has 15 heavy (non-hydrogen) atoms. The van der Waals surface area contributed by atoms with E-state index < -0.39 is 18.4 Å². The average Bonchev–Trinajstić information content (AvgIpc) is 2.64. The topological polar surface area (TPSA) is 0 Å². The molecule has 1 saturated carbocycles. The Morgan fingerprint density at radius 3 is 2.27 bits per heavy atom. The van der Waals surface area contributed by atoms with Crippen LogP contribution in [-0.4, -0.2) is 18.4 Å². The Kier molecular flexibility index (Phi) is 2.48. The van der Waals surface area contributed by atoms with Crippen LogP contribution in [0.1, 0.15) is 48.6 Å². The van der Waals surface area contributed by atoms with E-state index in [0.717, 1.165) is 11.8 Å². The molecule has 0 N–H and O–H groups in total. The maximum absolute atomic E-state index is 2.57. The summed E-state index contributed by atoms with van der Waals surface area (Å²) in [6.07, 6.45) is 5.94. The van der Waals surface area contributed by atoms with Crippen molar-refractivity contribution in [3.05, 3.63) is 16.5 Å². The van der Waals surface area contributed by atoms with Crippen LogP contribution in [0.15, 0.2) is 5.38 Å². The molecule has 0 unspecified atom stereocenters. The summed E-state index contributed by atoms with van der Waals surface area (Å²) >= 11 is 0.298. The van der Waals surface area contributed by atoms with Gasteiger partial charge in [0.1, 0.15) is 0 Å². The molecular formula is C13H20SSn. The number of rotatable bonds is 1. The van der Waals surface area contributed by atoms with Crippen LogP contribution < -0.4 is 2.89 Å². The summed E-state index contributed by atoms with van der Waals surface area (Å²) in [5.74, 6) is 1.91. The van der Waals surface area contributed by atoms with Crippen molar-refractivity contribution >= 4 is 32.6 Å². The minimum atomic E-state index is -1.81. The SMILES string of the molecule is [CH3][Sn]([CH3])([CH3])[c]1scc2c1C1CCC2CC1. The van der Waals surface area contributed by atoms with Crippen molar-refractivity contribution in [1.29, 1.82) is 0 Å². The number of fused-ring (bicyclic) bond motifs is 2. The van der Waals surface area contributed by atoms with Crippen molar-refractivity contribution in [2.45, 2.75) is 52.3 Å². The van der Waals surface area contributed by atoms with E-state index >= 15 is 0 Å². The van der Waals surface area contributed by atoms with Crippen LogP contribution >= 0.6 is 11.3 Å². The van der Waals surface area contributed by atoms with Gasteiger partial charge in [-0.25, -0.2) is 0 Å². The normalized spacial score (nSPS) is 29.3. The summed E-state index contributed by atoms with van der Waals surface area (Å²) in [6, 6.07) is 0. The molecule has 1 fully saturated rings. The van der Waals surface area contributed by atoms with E-state index in [0.29, 0.717) is 0 Å². The third-order valence-corrected chi connectivity index (χ3v) is 14.7. The zero-order chi connectivity index (χ0) is 10.6. The van der Waals surface area contributed by atoms with Gasteiger partial charge in [-0.3, -0.25) is 0 Å². The van der Waals surface area contributed by atoms with E-state index in [9.17, 15) is 0 Å². The van der Waals surface area contributed by atoms with Crippen molar-refractivity contribution in [3.8, 4) is 0 Å². The summed E-state index contributed by atoms with van der Waals surface area (Å²) in [7, 11) is 0. The molecule has 0 saturated heterocycles. The van der Waals surface area contributed by atoms with Crippen LogP contribution in [0, 0.1) is 0 Å². The maximum atomic E-state index is 2.57. The third kappa shape index (κ3) is 1.61. The van der Waals surface area contributed by atoms with Crippen molar-refractivity contribution < 1.29 is 0 Å². The van der Waals surface area contributed by atoms with E-state index in [4.69, 9.17) is 0 Å². The van der Waals surface area contributed by atoms with Gasteiger partial charge >= 0.3 is 101 Å². The molecule has 0 spiro atoms. The third-order valence-electron chi connectivity index (χ3n) is 4.12. The van der Waals surface area contributed by atoms with Crippen LogP contribution in [0.3, 0.4) is 0 Å². The molecule has 0 radical (unpaired) electrons. The molecule has 2 bridgehead atoms. The second-order valence-electron chi connectivity index (χ2n) is 6.23. The fourth-order valence-corrected chi connectivity index (χ4v) is 11.6. The first-order valence-corrected chi connectivity index (χ1v) is 17.1. The molecule has 1 heterocycles. The molecule has 82 valence electrons. The van der Waals surface area contributed by atoms with Gasteiger partial charge in [-0.2, -0.15) is 0 Å². The van der Waals surface area contributed by atoms with Crippen LogP contribution in [0.4, 0.5) is 0 Å². The zero-order valence-electron chi connectivity index (χ0n) is 9.97. The Morgan fingerprint density at radius 2 is 1.67 bits per heavy atom. The van der Waals surface area contributed by atoms with Crippen molar-refractivity contribution in [2.75, 3.05) is 0 Å².